The number of ether oxygens (including phenoxy) is 1. The van der Waals surface area contributed by atoms with E-state index in [9.17, 15) is 4.79 Å². The van der Waals surface area contributed by atoms with Gasteiger partial charge in [0, 0.05) is 19.9 Å². The van der Waals surface area contributed by atoms with Gasteiger partial charge in [-0.2, -0.15) is 0 Å². The van der Waals surface area contributed by atoms with Crippen LogP contribution in [0.4, 0.5) is 5.69 Å². The van der Waals surface area contributed by atoms with Crippen molar-refractivity contribution in [1.82, 2.24) is 9.88 Å². The van der Waals surface area contributed by atoms with Gasteiger partial charge in [0.2, 0.25) is 0 Å². The van der Waals surface area contributed by atoms with Crippen LogP contribution in [-0.2, 0) is 11.8 Å². The zero-order valence-corrected chi connectivity index (χ0v) is 9.56. The molecule has 2 unspecified atom stereocenters. The third-order valence-electron chi connectivity index (χ3n) is 2.95. The summed E-state index contributed by atoms with van der Waals surface area (Å²) in [4.78, 5) is 11.9. The summed E-state index contributed by atoms with van der Waals surface area (Å²) in [7, 11) is 1.81. The predicted molar refractivity (Wildman–Crippen MR) is 61.1 cm³/mol. The molecule has 1 aliphatic rings. The molecule has 0 aromatic carbocycles. The molecular formula is C11H17N3O2. The normalized spacial score (nSPS) is 24.6. The number of nitrogens with one attached hydrogen (secondary N) is 1. The lowest BCUT2D eigenvalue weighted by molar-refractivity contribution is 0.0859. The van der Waals surface area contributed by atoms with Gasteiger partial charge < -0.3 is 20.4 Å². The first-order valence-electron chi connectivity index (χ1n) is 5.42. The van der Waals surface area contributed by atoms with Crippen molar-refractivity contribution in [2.45, 2.75) is 25.5 Å². The quantitative estimate of drug-likeness (QED) is 0.767. The Morgan fingerprint density at radius 1 is 1.69 bits per heavy atom. The number of aromatic nitrogens is 1. The van der Waals surface area contributed by atoms with Crippen molar-refractivity contribution < 1.29 is 9.53 Å². The Balaban J connectivity index is 2.05. The first-order valence-corrected chi connectivity index (χ1v) is 5.42. The Hall–Kier alpha value is -1.49. The maximum Gasteiger partial charge on any atom is 0.268 e. The number of nitrogen functional groups attached to an aromatic ring is 1. The molecule has 0 radical (unpaired) electrons. The van der Waals surface area contributed by atoms with Crippen molar-refractivity contribution in [2.75, 3.05) is 12.3 Å². The number of carbonyl (C=O) groups is 1. The zero-order valence-electron chi connectivity index (χ0n) is 9.56. The summed E-state index contributed by atoms with van der Waals surface area (Å²) in [6, 6.07) is 1.78. The van der Waals surface area contributed by atoms with Gasteiger partial charge in [-0.25, -0.2) is 0 Å². The summed E-state index contributed by atoms with van der Waals surface area (Å²) < 4.78 is 7.12. The highest BCUT2D eigenvalue weighted by atomic mass is 16.5. The van der Waals surface area contributed by atoms with Gasteiger partial charge >= 0.3 is 0 Å². The molecule has 2 heterocycles. The van der Waals surface area contributed by atoms with Gasteiger partial charge in [-0.1, -0.05) is 0 Å². The fourth-order valence-corrected chi connectivity index (χ4v) is 1.98. The van der Waals surface area contributed by atoms with Gasteiger partial charge in [0.1, 0.15) is 5.69 Å². The fourth-order valence-electron chi connectivity index (χ4n) is 1.98. The molecular weight excluding hydrogens is 206 g/mol. The van der Waals surface area contributed by atoms with E-state index in [-0.39, 0.29) is 18.1 Å². The fraction of sp³-hybridized carbons (Fsp3) is 0.545. The first-order chi connectivity index (χ1) is 7.58. The van der Waals surface area contributed by atoms with Crippen LogP contribution in [0.2, 0.25) is 0 Å². The number of aryl methyl sites for hydroxylation is 1. The smallest absolute Gasteiger partial charge is 0.268 e. The number of hydrogen-bond donors (Lipinski definition) is 2. The molecule has 2 atom stereocenters. The van der Waals surface area contributed by atoms with Gasteiger partial charge in [0.15, 0.2) is 0 Å². The van der Waals surface area contributed by atoms with Gasteiger partial charge in [-0.05, 0) is 19.4 Å². The molecule has 5 heteroatoms. The van der Waals surface area contributed by atoms with E-state index in [0.29, 0.717) is 18.0 Å². The van der Waals surface area contributed by atoms with Crippen molar-refractivity contribution in [3.8, 4) is 0 Å². The largest absolute Gasteiger partial charge is 0.397 e. The summed E-state index contributed by atoms with van der Waals surface area (Å²) in [5.74, 6) is -0.0958. The maximum absolute atomic E-state index is 11.9. The van der Waals surface area contributed by atoms with E-state index in [2.05, 4.69) is 5.32 Å². The molecule has 1 aliphatic heterocycles. The SMILES string of the molecule is CC1OCCC1NC(=O)c1cc(N)cn1C. The second-order valence-electron chi connectivity index (χ2n) is 4.21. The monoisotopic (exact) mass is 223 g/mol. The molecule has 2 rings (SSSR count). The van der Waals surface area contributed by atoms with Gasteiger partial charge in [0.25, 0.3) is 5.91 Å². The van der Waals surface area contributed by atoms with Crippen LogP contribution in [-0.4, -0.2) is 29.2 Å². The highest BCUT2D eigenvalue weighted by Gasteiger charge is 2.26. The van der Waals surface area contributed by atoms with Crippen LogP contribution < -0.4 is 11.1 Å². The first kappa shape index (κ1) is 11.0. The van der Waals surface area contributed by atoms with E-state index in [0.717, 1.165) is 6.42 Å². The van der Waals surface area contributed by atoms with Crippen LogP contribution in [0.3, 0.4) is 0 Å². The van der Waals surface area contributed by atoms with E-state index < -0.39 is 0 Å². The summed E-state index contributed by atoms with van der Waals surface area (Å²) in [5, 5.41) is 2.96. The van der Waals surface area contributed by atoms with Crippen molar-refractivity contribution >= 4 is 11.6 Å². The van der Waals surface area contributed by atoms with Gasteiger partial charge in [-0.3, -0.25) is 4.79 Å². The lowest BCUT2D eigenvalue weighted by Gasteiger charge is -2.16. The van der Waals surface area contributed by atoms with Crippen LogP contribution in [0.1, 0.15) is 23.8 Å². The average molecular weight is 223 g/mol. The predicted octanol–water partition coefficient (Wildman–Crippen LogP) is 0.514. The Kier molecular flexibility index (Phi) is 2.87. The highest BCUT2D eigenvalue weighted by Crippen LogP contribution is 2.14. The average Bonchev–Trinajstić information content (AvgIpc) is 2.74. The summed E-state index contributed by atoms with van der Waals surface area (Å²) >= 11 is 0. The van der Waals surface area contributed by atoms with Crippen LogP contribution >= 0.6 is 0 Å². The highest BCUT2D eigenvalue weighted by molar-refractivity contribution is 5.94. The van der Waals surface area contributed by atoms with Crippen LogP contribution in [0.15, 0.2) is 12.3 Å². The van der Waals surface area contributed by atoms with Gasteiger partial charge in [-0.15, -0.1) is 0 Å². The molecule has 0 bridgehead atoms. The minimum Gasteiger partial charge on any atom is -0.397 e. The molecule has 5 nitrogen and oxygen atoms in total. The molecule has 1 aromatic rings. The Morgan fingerprint density at radius 2 is 2.44 bits per heavy atom. The Labute approximate surface area is 94.6 Å². The Morgan fingerprint density at radius 3 is 2.94 bits per heavy atom. The van der Waals surface area contributed by atoms with Crippen molar-refractivity contribution in [3.63, 3.8) is 0 Å². The van der Waals surface area contributed by atoms with Crippen LogP contribution in [0.5, 0.6) is 0 Å². The third-order valence-corrected chi connectivity index (χ3v) is 2.95. The second-order valence-corrected chi connectivity index (χ2v) is 4.21. The van der Waals surface area contributed by atoms with E-state index >= 15 is 0 Å². The molecule has 0 aliphatic carbocycles. The summed E-state index contributed by atoms with van der Waals surface area (Å²) in [6.07, 6.45) is 2.68. The topological polar surface area (TPSA) is 69.3 Å². The number of rotatable bonds is 2. The molecule has 1 fully saturated rings. The van der Waals surface area contributed by atoms with Crippen LogP contribution in [0, 0.1) is 0 Å². The Bertz CT molecular complexity index is 400. The van der Waals surface area contributed by atoms with Crippen molar-refractivity contribution in [1.29, 1.82) is 0 Å². The third kappa shape index (κ3) is 2.04. The zero-order chi connectivity index (χ0) is 11.7. The van der Waals surface area contributed by atoms with E-state index in [1.807, 2.05) is 6.92 Å². The van der Waals surface area contributed by atoms with E-state index in [1.54, 1.807) is 23.9 Å². The molecule has 16 heavy (non-hydrogen) atoms. The lowest BCUT2D eigenvalue weighted by Crippen LogP contribution is -2.39. The molecule has 1 saturated heterocycles. The van der Waals surface area contributed by atoms with Gasteiger partial charge in [0.05, 0.1) is 17.8 Å². The van der Waals surface area contributed by atoms with E-state index in [1.165, 1.54) is 0 Å². The lowest BCUT2D eigenvalue weighted by atomic mass is 10.1. The molecule has 1 amide bonds. The van der Waals surface area contributed by atoms with Crippen LogP contribution in [0.25, 0.3) is 0 Å². The number of nitrogens with two attached hydrogens (primary N) is 1. The standard InChI is InChI=1S/C11H17N3O2/c1-7-9(3-4-16-7)13-11(15)10-5-8(12)6-14(10)2/h5-7,9H,3-4,12H2,1-2H3,(H,13,15). The van der Waals surface area contributed by atoms with Crippen molar-refractivity contribution in [2.24, 2.45) is 7.05 Å². The number of nitrogens with zero attached hydrogens (tertiary/aromatic N) is 1. The molecule has 3 N–H and O–H groups in total. The van der Waals surface area contributed by atoms with E-state index in [4.69, 9.17) is 10.5 Å². The molecule has 0 saturated carbocycles. The summed E-state index contributed by atoms with van der Waals surface area (Å²) in [5.41, 5.74) is 6.81. The van der Waals surface area contributed by atoms with Crippen molar-refractivity contribution in [3.05, 3.63) is 18.0 Å². The summed E-state index contributed by atoms with van der Waals surface area (Å²) in [6.45, 7) is 2.68. The minimum atomic E-state index is -0.0958. The number of anilines is 1. The number of hydrogen-bond acceptors (Lipinski definition) is 3. The second kappa shape index (κ2) is 4.17. The molecule has 1 aromatic heterocycles. The molecule has 0 spiro atoms. The minimum absolute atomic E-state index is 0.0848. The molecule has 88 valence electrons. The number of amides is 1. The number of carbonyl (C=O) groups excluding carboxylic acids is 1. The maximum atomic E-state index is 11.9.